The van der Waals surface area contributed by atoms with Gasteiger partial charge in [0.2, 0.25) is 5.91 Å². The second-order valence-corrected chi connectivity index (χ2v) is 6.18. The molecule has 1 saturated carbocycles. The van der Waals surface area contributed by atoms with Crippen molar-refractivity contribution in [2.45, 2.75) is 51.0 Å². The molecular weight excluding hydrogens is 268 g/mol. The number of rotatable bonds is 6. The van der Waals surface area contributed by atoms with E-state index in [4.69, 9.17) is 0 Å². The fourth-order valence-corrected chi connectivity index (χ4v) is 3.33. The summed E-state index contributed by atoms with van der Waals surface area (Å²) in [5, 5.41) is 12.0. The smallest absolute Gasteiger partial charge is 0.315 e. The Labute approximate surface area is 126 Å². The van der Waals surface area contributed by atoms with Gasteiger partial charge in [-0.15, -0.1) is 0 Å². The summed E-state index contributed by atoms with van der Waals surface area (Å²) < 4.78 is 0. The van der Waals surface area contributed by atoms with Gasteiger partial charge in [-0.25, -0.2) is 4.79 Å². The molecule has 2 aliphatic rings. The predicted octanol–water partition coefficient (Wildman–Crippen LogP) is 0.734. The summed E-state index contributed by atoms with van der Waals surface area (Å²) in [7, 11) is 0. The molecule has 120 valence electrons. The molecule has 1 atom stereocenters. The molecule has 6 heteroatoms. The van der Waals surface area contributed by atoms with Crippen molar-refractivity contribution in [3.05, 3.63) is 0 Å². The summed E-state index contributed by atoms with van der Waals surface area (Å²) in [5.74, 6) is 0.651. The highest BCUT2D eigenvalue weighted by Crippen LogP contribution is 2.30. The van der Waals surface area contributed by atoms with Gasteiger partial charge >= 0.3 is 6.03 Å². The van der Waals surface area contributed by atoms with Crippen LogP contribution in [0.15, 0.2) is 0 Å². The fourth-order valence-electron chi connectivity index (χ4n) is 3.33. The van der Waals surface area contributed by atoms with E-state index in [2.05, 4.69) is 21.3 Å². The van der Waals surface area contributed by atoms with Crippen molar-refractivity contribution in [2.24, 2.45) is 5.92 Å². The van der Waals surface area contributed by atoms with Gasteiger partial charge in [0.25, 0.3) is 0 Å². The number of amides is 3. The predicted molar refractivity (Wildman–Crippen MR) is 82.0 cm³/mol. The lowest BCUT2D eigenvalue weighted by molar-refractivity contribution is -0.127. The Morgan fingerprint density at radius 1 is 1.24 bits per heavy atom. The topological polar surface area (TPSA) is 82.3 Å². The molecule has 3 amide bonds. The minimum atomic E-state index is -0.701. The van der Waals surface area contributed by atoms with Crippen molar-refractivity contribution in [3.63, 3.8) is 0 Å². The van der Waals surface area contributed by atoms with Gasteiger partial charge in [-0.05, 0) is 51.6 Å². The number of carbonyl (C=O) groups is 2. The van der Waals surface area contributed by atoms with Crippen LogP contribution >= 0.6 is 0 Å². The summed E-state index contributed by atoms with van der Waals surface area (Å²) in [6.07, 6.45) is 5.66. The van der Waals surface area contributed by atoms with E-state index in [9.17, 15) is 9.59 Å². The first-order valence-electron chi connectivity index (χ1n) is 8.21. The minimum Gasteiger partial charge on any atom is -0.354 e. The molecule has 6 nitrogen and oxygen atoms in total. The molecule has 1 heterocycles. The van der Waals surface area contributed by atoms with Gasteiger partial charge in [0.05, 0.1) is 0 Å². The van der Waals surface area contributed by atoms with E-state index >= 15 is 0 Å². The first-order chi connectivity index (χ1) is 10.2. The van der Waals surface area contributed by atoms with Crippen molar-refractivity contribution in [1.82, 2.24) is 21.3 Å². The average Bonchev–Trinajstić information content (AvgIpc) is 3.11. The van der Waals surface area contributed by atoms with Crippen LogP contribution in [0, 0.1) is 5.92 Å². The van der Waals surface area contributed by atoms with Crippen LogP contribution in [0.2, 0.25) is 0 Å². The van der Waals surface area contributed by atoms with Crippen LogP contribution < -0.4 is 21.3 Å². The molecule has 0 aromatic heterocycles. The Morgan fingerprint density at radius 2 is 2.00 bits per heavy atom. The van der Waals surface area contributed by atoms with Gasteiger partial charge < -0.3 is 21.3 Å². The third-order valence-electron chi connectivity index (χ3n) is 4.58. The third-order valence-corrected chi connectivity index (χ3v) is 4.58. The molecule has 1 unspecified atom stereocenters. The summed E-state index contributed by atoms with van der Waals surface area (Å²) in [6.45, 7) is 5.28. The Morgan fingerprint density at radius 3 is 2.62 bits per heavy atom. The maximum atomic E-state index is 12.5. The van der Waals surface area contributed by atoms with Crippen molar-refractivity contribution in [2.75, 3.05) is 26.2 Å². The second kappa shape index (κ2) is 7.64. The SMILES string of the molecule is CCNC(=O)NC1(C(=O)NCCC2CCNC2)CCCC1. The Bertz CT molecular complexity index is 361. The lowest BCUT2D eigenvalue weighted by atomic mass is 9.96. The van der Waals surface area contributed by atoms with Crippen LogP contribution in [-0.2, 0) is 4.79 Å². The lowest BCUT2D eigenvalue weighted by Gasteiger charge is -2.29. The zero-order valence-electron chi connectivity index (χ0n) is 13.0. The first kappa shape index (κ1) is 16.1. The molecular formula is C15H28N4O2. The van der Waals surface area contributed by atoms with Gasteiger partial charge in [-0.1, -0.05) is 12.8 Å². The summed E-state index contributed by atoms with van der Waals surface area (Å²) in [4.78, 5) is 24.3. The molecule has 2 fully saturated rings. The van der Waals surface area contributed by atoms with E-state index in [0.29, 0.717) is 19.0 Å². The highest BCUT2D eigenvalue weighted by Gasteiger charge is 2.42. The highest BCUT2D eigenvalue weighted by atomic mass is 16.2. The Kier molecular flexibility index (Phi) is 5.85. The Hall–Kier alpha value is -1.30. The molecule has 0 spiro atoms. The minimum absolute atomic E-state index is 0.0165. The summed E-state index contributed by atoms with van der Waals surface area (Å²) in [5.41, 5.74) is -0.701. The molecule has 0 aromatic carbocycles. The van der Waals surface area contributed by atoms with Crippen molar-refractivity contribution in [1.29, 1.82) is 0 Å². The van der Waals surface area contributed by atoms with E-state index < -0.39 is 5.54 Å². The summed E-state index contributed by atoms with van der Waals surface area (Å²) >= 11 is 0. The average molecular weight is 296 g/mol. The van der Waals surface area contributed by atoms with Gasteiger partial charge in [0.1, 0.15) is 5.54 Å². The van der Waals surface area contributed by atoms with Crippen LogP contribution in [0.4, 0.5) is 4.79 Å². The molecule has 0 radical (unpaired) electrons. The molecule has 2 rings (SSSR count). The quantitative estimate of drug-likeness (QED) is 0.583. The molecule has 0 aromatic rings. The van der Waals surface area contributed by atoms with Crippen molar-refractivity contribution < 1.29 is 9.59 Å². The van der Waals surface area contributed by atoms with E-state index in [1.165, 1.54) is 6.42 Å². The van der Waals surface area contributed by atoms with Crippen LogP contribution in [0.5, 0.6) is 0 Å². The summed E-state index contributed by atoms with van der Waals surface area (Å²) in [6, 6.07) is -0.241. The monoisotopic (exact) mass is 296 g/mol. The van der Waals surface area contributed by atoms with E-state index in [1.54, 1.807) is 0 Å². The van der Waals surface area contributed by atoms with Gasteiger partial charge in [-0.2, -0.15) is 0 Å². The van der Waals surface area contributed by atoms with Gasteiger partial charge in [-0.3, -0.25) is 4.79 Å². The van der Waals surface area contributed by atoms with Crippen LogP contribution in [0.1, 0.15) is 45.4 Å². The number of urea groups is 1. The number of hydrogen-bond donors (Lipinski definition) is 4. The second-order valence-electron chi connectivity index (χ2n) is 6.18. The third kappa shape index (κ3) is 4.33. The maximum absolute atomic E-state index is 12.5. The molecule has 1 saturated heterocycles. The molecule has 4 N–H and O–H groups in total. The van der Waals surface area contributed by atoms with Crippen LogP contribution in [-0.4, -0.2) is 43.7 Å². The van der Waals surface area contributed by atoms with Crippen molar-refractivity contribution >= 4 is 11.9 Å². The van der Waals surface area contributed by atoms with Crippen LogP contribution in [0.25, 0.3) is 0 Å². The number of nitrogens with one attached hydrogen (secondary N) is 4. The first-order valence-corrected chi connectivity index (χ1v) is 8.21. The highest BCUT2D eigenvalue weighted by molar-refractivity contribution is 5.91. The fraction of sp³-hybridized carbons (Fsp3) is 0.867. The molecule has 1 aliphatic heterocycles. The zero-order chi connectivity index (χ0) is 15.1. The maximum Gasteiger partial charge on any atom is 0.315 e. The van der Waals surface area contributed by atoms with Crippen molar-refractivity contribution in [3.8, 4) is 0 Å². The standard InChI is InChI=1S/C15H28N4O2/c1-2-17-14(21)19-15(7-3-4-8-15)13(20)18-10-6-12-5-9-16-11-12/h12,16H,2-11H2,1H3,(H,18,20)(H2,17,19,21). The molecule has 1 aliphatic carbocycles. The van der Waals surface area contributed by atoms with E-state index in [1.807, 2.05) is 6.92 Å². The van der Waals surface area contributed by atoms with Crippen LogP contribution in [0.3, 0.4) is 0 Å². The van der Waals surface area contributed by atoms with E-state index in [0.717, 1.165) is 45.2 Å². The van der Waals surface area contributed by atoms with Gasteiger partial charge in [0.15, 0.2) is 0 Å². The lowest BCUT2D eigenvalue weighted by Crippen LogP contribution is -2.59. The normalized spacial score (nSPS) is 23.8. The van der Waals surface area contributed by atoms with E-state index in [-0.39, 0.29) is 11.9 Å². The number of hydrogen-bond acceptors (Lipinski definition) is 3. The Balaban J connectivity index is 1.81. The zero-order valence-corrected chi connectivity index (χ0v) is 13.0. The molecule has 21 heavy (non-hydrogen) atoms. The molecule has 0 bridgehead atoms. The largest absolute Gasteiger partial charge is 0.354 e. The van der Waals surface area contributed by atoms with Gasteiger partial charge in [0, 0.05) is 13.1 Å². The number of carbonyl (C=O) groups excluding carboxylic acids is 2.